The van der Waals surface area contributed by atoms with Crippen LogP contribution in [0.3, 0.4) is 0 Å². The van der Waals surface area contributed by atoms with Crippen molar-refractivity contribution in [2.45, 2.75) is 25.8 Å². The predicted octanol–water partition coefficient (Wildman–Crippen LogP) is 5.85. The van der Waals surface area contributed by atoms with Gasteiger partial charge in [-0.05, 0) is 66.8 Å². The second-order valence-corrected chi connectivity index (χ2v) is 9.13. The molecule has 1 fully saturated rings. The van der Waals surface area contributed by atoms with E-state index in [4.69, 9.17) is 5.73 Å². The molecule has 2 heterocycles. The molecule has 7 heteroatoms. The molecule has 1 saturated heterocycles. The van der Waals surface area contributed by atoms with E-state index in [1.807, 2.05) is 24.3 Å². The molecule has 3 aromatic carbocycles. The zero-order valence-corrected chi connectivity index (χ0v) is 19.8. The van der Waals surface area contributed by atoms with E-state index in [-0.39, 0.29) is 11.8 Å². The molecule has 0 amide bonds. The number of hydrogen-bond acceptors (Lipinski definition) is 5. The summed E-state index contributed by atoms with van der Waals surface area (Å²) in [4.78, 5) is 19.3. The van der Waals surface area contributed by atoms with Gasteiger partial charge < -0.3 is 10.6 Å². The minimum Gasteiger partial charge on any atom is -0.370 e. The Labute approximate surface area is 207 Å². The van der Waals surface area contributed by atoms with Crippen LogP contribution in [0.15, 0.2) is 60.8 Å². The number of Topliss-reactive ketones (excluding diaryl/α,β-unsaturated/α-hetero) is 1. The number of nitrogens with two attached hydrogens (primary N) is 1. The molecule has 4 aromatic rings. The Morgan fingerprint density at radius 3 is 2.42 bits per heavy atom. The number of aromatic nitrogens is 1. The number of piperidine rings is 1. The van der Waals surface area contributed by atoms with Crippen molar-refractivity contribution in [3.63, 3.8) is 0 Å². The first-order chi connectivity index (χ1) is 17.4. The maximum absolute atomic E-state index is 14.2. The first-order valence-corrected chi connectivity index (χ1v) is 11.8. The van der Waals surface area contributed by atoms with Crippen LogP contribution in [-0.2, 0) is 0 Å². The lowest BCUT2D eigenvalue weighted by Crippen LogP contribution is -2.40. The molecule has 36 heavy (non-hydrogen) atoms. The number of pyridine rings is 1. The SMILES string of the molecule is CC(=O)c1c(C#N)cccc1-c1ccc2ncc(-c3cc(F)cc(F)c3)c(N3CCC(N)CC3)c2c1. The van der Waals surface area contributed by atoms with Gasteiger partial charge in [0.15, 0.2) is 5.78 Å². The molecule has 0 atom stereocenters. The highest BCUT2D eigenvalue weighted by atomic mass is 19.1. The van der Waals surface area contributed by atoms with Gasteiger partial charge in [0.1, 0.15) is 11.6 Å². The molecule has 5 rings (SSSR count). The molecule has 0 unspecified atom stereocenters. The minimum atomic E-state index is -0.662. The van der Waals surface area contributed by atoms with E-state index in [1.165, 1.54) is 19.1 Å². The zero-order valence-electron chi connectivity index (χ0n) is 19.8. The van der Waals surface area contributed by atoms with Gasteiger partial charge in [-0.1, -0.05) is 18.2 Å². The fourth-order valence-corrected chi connectivity index (χ4v) is 5.00. The van der Waals surface area contributed by atoms with Crippen LogP contribution in [0.1, 0.15) is 35.7 Å². The first kappa shape index (κ1) is 23.6. The summed E-state index contributed by atoms with van der Waals surface area (Å²) < 4.78 is 28.4. The zero-order chi connectivity index (χ0) is 25.4. The highest BCUT2D eigenvalue weighted by Crippen LogP contribution is 2.40. The van der Waals surface area contributed by atoms with Crippen LogP contribution >= 0.6 is 0 Å². The van der Waals surface area contributed by atoms with Crippen molar-refractivity contribution in [3.05, 3.63) is 83.6 Å². The lowest BCUT2D eigenvalue weighted by atomic mass is 9.91. The summed E-state index contributed by atoms with van der Waals surface area (Å²) in [6.07, 6.45) is 3.23. The number of nitriles is 1. The summed E-state index contributed by atoms with van der Waals surface area (Å²) in [7, 11) is 0. The van der Waals surface area contributed by atoms with E-state index in [0.29, 0.717) is 46.4 Å². The smallest absolute Gasteiger partial charge is 0.161 e. The van der Waals surface area contributed by atoms with Crippen molar-refractivity contribution in [1.29, 1.82) is 5.26 Å². The lowest BCUT2D eigenvalue weighted by molar-refractivity contribution is 0.101. The van der Waals surface area contributed by atoms with Crippen molar-refractivity contribution < 1.29 is 13.6 Å². The molecule has 0 saturated carbocycles. The van der Waals surface area contributed by atoms with Gasteiger partial charge in [-0.25, -0.2) is 8.78 Å². The van der Waals surface area contributed by atoms with Gasteiger partial charge in [-0.3, -0.25) is 9.78 Å². The van der Waals surface area contributed by atoms with E-state index in [0.717, 1.165) is 35.5 Å². The number of hydrogen-bond donors (Lipinski definition) is 1. The second-order valence-electron chi connectivity index (χ2n) is 9.13. The van der Waals surface area contributed by atoms with E-state index in [9.17, 15) is 18.8 Å². The predicted molar refractivity (Wildman–Crippen MR) is 137 cm³/mol. The Morgan fingerprint density at radius 1 is 1.03 bits per heavy atom. The maximum atomic E-state index is 14.2. The summed E-state index contributed by atoms with van der Waals surface area (Å²) in [6, 6.07) is 16.5. The van der Waals surface area contributed by atoms with Gasteiger partial charge in [-0.2, -0.15) is 5.26 Å². The molecule has 0 aliphatic carbocycles. The Kier molecular flexibility index (Phi) is 6.21. The summed E-state index contributed by atoms with van der Waals surface area (Å²) in [6.45, 7) is 2.83. The molecule has 1 aromatic heterocycles. The number of nitrogens with zero attached hydrogens (tertiary/aromatic N) is 3. The topological polar surface area (TPSA) is 83.0 Å². The Bertz CT molecular complexity index is 1510. The van der Waals surface area contributed by atoms with Crippen LogP contribution in [0.2, 0.25) is 0 Å². The largest absolute Gasteiger partial charge is 0.370 e. The molecule has 5 nitrogen and oxygen atoms in total. The summed E-state index contributed by atoms with van der Waals surface area (Å²) in [5.41, 5.74) is 10.8. The number of carbonyl (C=O) groups is 1. The Hall–Kier alpha value is -4.15. The lowest BCUT2D eigenvalue weighted by Gasteiger charge is -2.34. The number of carbonyl (C=O) groups excluding carboxylic acids is 1. The van der Waals surface area contributed by atoms with Crippen molar-refractivity contribution >= 4 is 22.4 Å². The summed E-state index contributed by atoms with van der Waals surface area (Å²) >= 11 is 0. The highest BCUT2D eigenvalue weighted by Gasteiger charge is 2.23. The van der Waals surface area contributed by atoms with E-state index >= 15 is 0 Å². The van der Waals surface area contributed by atoms with Gasteiger partial charge in [0.05, 0.1) is 22.8 Å². The summed E-state index contributed by atoms with van der Waals surface area (Å²) in [5, 5.41) is 10.4. The van der Waals surface area contributed by atoms with E-state index < -0.39 is 11.6 Å². The quantitative estimate of drug-likeness (QED) is 0.369. The van der Waals surface area contributed by atoms with Crippen LogP contribution in [-0.4, -0.2) is 29.9 Å². The van der Waals surface area contributed by atoms with Crippen molar-refractivity contribution in [1.82, 2.24) is 4.98 Å². The van der Waals surface area contributed by atoms with Crippen molar-refractivity contribution in [2.75, 3.05) is 18.0 Å². The monoisotopic (exact) mass is 482 g/mol. The third-order valence-corrected chi connectivity index (χ3v) is 6.72. The average Bonchev–Trinajstić information content (AvgIpc) is 2.87. The van der Waals surface area contributed by atoms with Gasteiger partial charge in [0.2, 0.25) is 0 Å². The van der Waals surface area contributed by atoms with Crippen molar-refractivity contribution in [2.24, 2.45) is 5.73 Å². The van der Waals surface area contributed by atoms with Gasteiger partial charge >= 0.3 is 0 Å². The molecular formula is C29H24F2N4O. The second kappa shape index (κ2) is 9.48. The molecular weight excluding hydrogens is 458 g/mol. The standard InChI is InChI=1S/C29H24F2N4O/c1-17(36)28-19(15-32)3-2-4-24(28)18-5-6-27-25(13-18)29(35-9-7-23(33)8-10-35)26(16-34-27)20-11-21(30)14-22(31)12-20/h2-6,11-14,16,23H,7-10,33H2,1H3. The summed E-state index contributed by atoms with van der Waals surface area (Å²) in [5.74, 6) is -1.52. The van der Waals surface area contributed by atoms with Crippen LogP contribution in [0.4, 0.5) is 14.5 Å². The van der Waals surface area contributed by atoms with Gasteiger partial charge in [0.25, 0.3) is 0 Å². The van der Waals surface area contributed by atoms with Crippen LogP contribution < -0.4 is 10.6 Å². The molecule has 1 aliphatic rings. The highest BCUT2D eigenvalue weighted by molar-refractivity contribution is 6.06. The molecule has 0 bridgehead atoms. The molecule has 180 valence electrons. The average molecular weight is 483 g/mol. The minimum absolute atomic E-state index is 0.104. The normalized spacial score (nSPS) is 14.1. The molecule has 2 N–H and O–H groups in total. The third-order valence-electron chi connectivity index (χ3n) is 6.72. The fourth-order valence-electron chi connectivity index (χ4n) is 5.00. The number of rotatable bonds is 4. The first-order valence-electron chi connectivity index (χ1n) is 11.8. The maximum Gasteiger partial charge on any atom is 0.161 e. The molecule has 1 aliphatic heterocycles. The van der Waals surface area contributed by atoms with Crippen LogP contribution in [0, 0.1) is 23.0 Å². The van der Waals surface area contributed by atoms with Crippen LogP contribution in [0.5, 0.6) is 0 Å². The van der Waals surface area contributed by atoms with Gasteiger partial charge in [0, 0.05) is 47.9 Å². The number of ketones is 1. The Balaban J connectivity index is 1.78. The number of fused-ring (bicyclic) bond motifs is 1. The van der Waals surface area contributed by atoms with Crippen LogP contribution in [0.25, 0.3) is 33.2 Å². The number of benzene rings is 3. The van der Waals surface area contributed by atoms with E-state index in [2.05, 4.69) is 16.0 Å². The number of halogens is 2. The number of anilines is 1. The van der Waals surface area contributed by atoms with Gasteiger partial charge in [-0.15, -0.1) is 0 Å². The fraction of sp³-hybridized carbons (Fsp3) is 0.207. The van der Waals surface area contributed by atoms with E-state index in [1.54, 1.807) is 18.3 Å². The Morgan fingerprint density at radius 2 is 1.75 bits per heavy atom. The molecule has 0 spiro atoms. The third kappa shape index (κ3) is 4.32. The molecule has 0 radical (unpaired) electrons. The van der Waals surface area contributed by atoms with Crippen molar-refractivity contribution in [3.8, 4) is 28.3 Å².